The fourth-order valence-corrected chi connectivity index (χ4v) is 19.9. The maximum absolute atomic E-state index is 15.0. The van der Waals surface area contributed by atoms with Gasteiger partial charge in [-0.15, -0.1) is 0 Å². The first kappa shape index (κ1) is 100. The Morgan fingerprint density at radius 2 is 0.814 bits per heavy atom. The molecule has 0 saturated carbocycles. The number of amides is 4. The zero-order valence-electron chi connectivity index (χ0n) is 75.9. The van der Waals surface area contributed by atoms with Gasteiger partial charge in [0.2, 0.25) is 23.6 Å². The molecule has 4 amide bonds. The summed E-state index contributed by atoms with van der Waals surface area (Å²) in [6.07, 6.45) is 8.31. The summed E-state index contributed by atoms with van der Waals surface area (Å²) in [6, 6.07) is 31.5. The van der Waals surface area contributed by atoms with E-state index < -0.39 is 52.8 Å². The predicted molar refractivity (Wildman–Crippen MR) is 499 cm³/mol. The van der Waals surface area contributed by atoms with E-state index in [9.17, 15) is 50.3 Å². The molecule has 7 aromatic carbocycles. The largest absolute Gasteiger partial charge is 0.507 e. The Balaban J connectivity index is 0.000000177. The van der Waals surface area contributed by atoms with E-state index in [4.69, 9.17) is 74.4 Å². The molecule has 8 aromatic rings. The Hall–Kier alpha value is -9.09. The van der Waals surface area contributed by atoms with E-state index in [1.54, 1.807) is 12.5 Å². The lowest BCUT2D eigenvalue weighted by Gasteiger charge is -2.36. The molecule has 14 rings (SSSR count). The second-order valence-corrected chi connectivity index (χ2v) is 40.1. The summed E-state index contributed by atoms with van der Waals surface area (Å²) in [5.74, 6) is -5.41. The van der Waals surface area contributed by atoms with Gasteiger partial charge in [-0.1, -0.05) is 82.8 Å². The SMILES string of the molecule is CC(=O)c1cc(Cl)ccc1O.C[C@H](N)c1cc(Cl)ccc1C1CCN(C(=O)[C@@H]2CN(C(C)(C)C)C[C@H]2c2ccc(F)cc2F)CC1.C[C@H](N=C(N)N)c1cc(Cl)ccc1C1CCN(C(=O)[C@@H]2CN(C(C)(C)C)C[C@H]2c2ccc(F)cc2F)CC1.C[C@H](NC(=O)[C@@H](N)Cc1cnc[nH]1)c1cc(Cl)ccc1C1CCN(C(=O)[C@@H]2CN(C(C)(C)C)C[C@H]2c2ccc(F)cc2F)CC1. The van der Waals surface area contributed by atoms with Crippen LogP contribution in [0.3, 0.4) is 0 Å². The van der Waals surface area contributed by atoms with Crippen molar-refractivity contribution in [3.05, 3.63) is 256 Å². The molecule has 11 N–H and O–H groups in total. The third kappa shape index (κ3) is 25.4. The van der Waals surface area contributed by atoms with Crippen LogP contribution in [0.1, 0.15) is 248 Å². The van der Waals surface area contributed by atoms with Crippen molar-refractivity contribution in [3.8, 4) is 5.75 Å². The number of ketones is 1. The molecule has 30 heteroatoms. The van der Waals surface area contributed by atoms with Gasteiger partial charge in [0.1, 0.15) is 40.7 Å². The number of halogens is 10. The number of imidazole rings is 1. The van der Waals surface area contributed by atoms with Crippen molar-refractivity contribution >= 4 is 81.8 Å². The standard InChI is InChI=1S/C34H43ClF2N6O2.C29H38ClF2N5O.C28H36ClF2N3O.C8H7ClO2/c1-20(41-32(44)31(38)15-24-16-39-19-40-24)27-13-22(35)5-7-25(27)21-9-11-42(12-10-21)33(45)29-18-43(34(2,3)4)17-28(29)26-8-6-23(36)14-30(26)37;1-17(35-28(33)34)23-13-19(30)5-7-21(23)18-9-11-36(12-10-18)27(38)25-16-37(29(2,3)4)15-24(25)22-8-6-20(31)14-26(22)32;1-17(32)23-13-19(29)5-7-21(23)18-9-11-33(12-10-18)27(35)25-16-34(28(2,3)4)15-24(25)22-8-6-20(30)14-26(22)31;1-5(10)7-4-6(9)2-3-8(7)11/h5-8,13-14,16,19-21,28-29,31H,9-12,15,17-18,38H2,1-4H3,(H,39,40)(H,41,44);5-8,13-14,17-18,24-25H,9-12,15-16H2,1-4H3,(H4,33,34,35);5-8,13-14,17-18,24-25H,9-12,15-16,32H2,1-4H3;2-4,11H,1H3/t20-,28-,29+,31-;2*17-,24-,25+;/m000./s1. The number of benzene rings is 7. The Morgan fingerprint density at radius 3 is 1.14 bits per heavy atom. The average molecular weight is 1860 g/mol. The third-order valence-corrected chi connectivity index (χ3v) is 27.4. The molecule has 6 saturated heterocycles. The number of aliphatic imine (C=N–C) groups is 1. The summed E-state index contributed by atoms with van der Waals surface area (Å²) < 4.78 is 85.5. The van der Waals surface area contributed by atoms with Gasteiger partial charge in [-0.3, -0.25) is 38.7 Å². The topological polar surface area (TPSA) is 282 Å². The van der Waals surface area contributed by atoms with Crippen molar-refractivity contribution < 1.29 is 55.4 Å². The quantitative estimate of drug-likeness (QED) is 0.0182. The molecule has 0 spiro atoms. The Morgan fingerprint density at radius 1 is 0.481 bits per heavy atom. The average Bonchev–Trinajstić information content (AvgIpc) is 1.61. The molecule has 6 fully saturated rings. The fourth-order valence-electron chi connectivity index (χ4n) is 19.2. The van der Waals surface area contributed by atoms with E-state index in [0.29, 0.717) is 128 Å². The summed E-state index contributed by atoms with van der Waals surface area (Å²) in [7, 11) is 0. The first-order chi connectivity index (χ1) is 60.7. The minimum absolute atomic E-state index is 0.0112. The number of rotatable bonds is 18. The number of aromatic amines is 1. The molecule has 0 unspecified atom stereocenters. The van der Waals surface area contributed by atoms with Crippen LogP contribution in [0.4, 0.5) is 26.3 Å². The van der Waals surface area contributed by atoms with Gasteiger partial charge in [-0.25, -0.2) is 36.3 Å². The zero-order valence-corrected chi connectivity index (χ0v) is 78.9. The summed E-state index contributed by atoms with van der Waals surface area (Å²) in [6.45, 7) is 33.0. The number of hydrogen-bond donors (Lipinski definition) is 7. The van der Waals surface area contributed by atoms with Crippen LogP contribution in [0.5, 0.6) is 5.75 Å². The molecular weight excluding hydrogens is 1740 g/mol. The van der Waals surface area contributed by atoms with E-state index >= 15 is 0 Å². The van der Waals surface area contributed by atoms with Crippen LogP contribution in [0, 0.1) is 52.7 Å². The van der Waals surface area contributed by atoms with Gasteiger partial charge in [0.25, 0.3) is 0 Å². The lowest BCUT2D eigenvalue weighted by atomic mass is 9.83. The van der Waals surface area contributed by atoms with Crippen molar-refractivity contribution in [3.63, 3.8) is 0 Å². The van der Waals surface area contributed by atoms with E-state index in [2.05, 4.69) is 103 Å². The number of Topliss-reactive ketones (excluding diaryl/α,β-unsaturated/α-hetero) is 1. The highest BCUT2D eigenvalue weighted by Gasteiger charge is 2.49. The maximum Gasteiger partial charge on any atom is 0.237 e. The number of aromatic nitrogens is 2. The number of phenols is 1. The molecule has 7 heterocycles. The van der Waals surface area contributed by atoms with Crippen molar-refractivity contribution in [2.45, 2.75) is 211 Å². The summed E-state index contributed by atoms with van der Waals surface area (Å²) in [4.78, 5) is 89.0. The lowest BCUT2D eigenvalue weighted by molar-refractivity contribution is -0.137. The normalized spacial score (nSPS) is 20.9. The van der Waals surface area contributed by atoms with Crippen molar-refractivity contribution in [1.82, 2.24) is 44.7 Å². The number of carbonyl (C=O) groups excluding carboxylic acids is 5. The number of phenolic OH excluding ortho intramolecular Hbond substituents is 1. The number of nitrogens with zero attached hydrogens (tertiary/aromatic N) is 8. The summed E-state index contributed by atoms with van der Waals surface area (Å²) >= 11 is 24.5. The number of carbonyl (C=O) groups is 5. The van der Waals surface area contributed by atoms with Gasteiger partial charge in [-0.05, 0) is 269 Å². The number of hydrogen-bond acceptors (Lipinski definition) is 13. The van der Waals surface area contributed by atoms with Crippen LogP contribution in [0.25, 0.3) is 0 Å². The molecule has 0 aliphatic carbocycles. The number of aromatic hydroxyl groups is 1. The Kier molecular flexibility index (Phi) is 33.5. The smallest absolute Gasteiger partial charge is 0.237 e. The van der Waals surface area contributed by atoms with Gasteiger partial charge in [0.05, 0.1) is 47.8 Å². The summed E-state index contributed by atoms with van der Waals surface area (Å²) in [5, 5.41) is 14.5. The van der Waals surface area contributed by atoms with E-state index in [0.717, 1.165) is 90.2 Å². The van der Waals surface area contributed by atoms with Crippen LogP contribution in [0.15, 0.2) is 145 Å². The fraction of sp³-hybridized carbons (Fsp3) is 0.485. The number of nitrogens with one attached hydrogen (secondary N) is 2. The van der Waals surface area contributed by atoms with Crippen LogP contribution in [-0.2, 0) is 25.6 Å². The number of H-pyrrole nitrogens is 1. The number of likely N-dealkylation sites (tertiary alicyclic amines) is 6. The minimum atomic E-state index is -0.734. The molecule has 20 nitrogen and oxygen atoms in total. The van der Waals surface area contributed by atoms with Gasteiger partial charge >= 0.3 is 0 Å². The zero-order chi connectivity index (χ0) is 94.2. The highest BCUT2D eigenvalue weighted by molar-refractivity contribution is 6.31. The van der Waals surface area contributed by atoms with Crippen LogP contribution in [0.2, 0.25) is 20.1 Å². The third-order valence-electron chi connectivity index (χ3n) is 26.5. The lowest BCUT2D eigenvalue weighted by Crippen LogP contribution is -2.45. The Bertz CT molecular complexity index is 5290. The van der Waals surface area contributed by atoms with Crippen molar-refractivity contribution in [2.75, 3.05) is 78.5 Å². The molecule has 0 bridgehead atoms. The molecule has 696 valence electrons. The molecular formula is C99H124Cl4F6N14O6. The maximum atomic E-state index is 15.0. The predicted octanol–water partition coefficient (Wildman–Crippen LogP) is 18.6. The first-order valence-corrected chi connectivity index (χ1v) is 46.0. The first-order valence-electron chi connectivity index (χ1n) is 44.4. The van der Waals surface area contributed by atoms with Gasteiger partial charge in [0, 0.05) is 176 Å². The van der Waals surface area contributed by atoms with Crippen molar-refractivity contribution in [2.24, 2.45) is 45.7 Å². The van der Waals surface area contributed by atoms with Gasteiger partial charge in [0.15, 0.2) is 11.7 Å². The Labute approximate surface area is 774 Å². The van der Waals surface area contributed by atoms with E-state index in [-0.39, 0.29) is 117 Å². The van der Waals surface area contributed by atoms with Crippen LogP contribution < -0.4 is 28.3 Å². The minimum Gasteiger partial charge on any atom is -0.507 e. The number of piperidine rings is 3. The van der Waals surface area contributed by atoms with E-state index in [1.165, 1.54) is 67.1 Å². The number of guanidine groups is 1. The van der Waals surface area contributed by atoms with Gasteiger partial charge < -0.3 is 53.0 Å². The molecule has 6 aliphatic rings. The van der Waals surface area contributed by atoms with Gasteiger partial charge in [-0.2, -0.15) is 0 Å². The second kappa shape index (κ2) is 43.1. The molecule has 129 heavy (non-hydrogen) atoms. The van der Waals surface area contributed by atoms with E-state index in [1.807, 2.05) is 84.0 Å². The summed E-state index contributed by atoms with van der Waals surface area (Å²) in [5.41, 5.74) is 31.8. The van der Waals surface area contributed by atoms with Crippen LogP contribution in [-0.4, -0.2) is 181 Å². The van der Waals surface area contributed by atoms with Crippen LogP contribution >= 0.6 is 46.4 Å². The molecule has 1 aromatic heterocycles. The highest BCUT2D eigenvalue weighted by Crippen LogP contribution is 2.46. The molecule has 0 radical (unpaired) electrons. The monoisotopic (exact) mass is 1860 g/mol. The highest BCUT2D eigenvalue weighted by atomic mass is 35.5. The van der Waals surface area contributed by atoms with Crippen molar-refractivity contribution in [1.29, 1.82) is 0 Å². The number of nitrogens with two attached hydrogens (primary N) is 4. The molecule has 6 aliphatic heterocycles. The second-order valence-electron chi connectivity index (χ2n) is 38.3. The molecule has 10 atom stereocenters.